The molecule has 0 aliphatic heterocycles. The van der Waals surface area contributed by atoms with Gasteiger partial charge in [0.25, 0.3) is 5.91 Å². The summed E-state index contributed by atoms with van der Waals surface area (Å²) in [5, 5.41) is 4.84. The summed E-state index contributed by atoms with van der Waals surface area (Å²) in [5.41, 5.74) is 5.70. The van der Waals surface area contributed by atoms with Gasteiger partial charge in [-0.25, -0.2) is 4.39 Å². The van der Waals surface area contributed by atoms with Gasteiger partial charge in [-0.3, -0.25) is 4.79 Å². The van der Waals surface area contributed by atoms with Crippen molar-refractivity contribution in [3.05, 3.63) is 52.0 Å². The number of thiophene rings is 1. The van der Waals surface area contributed by atoms with Crippen LogP contribution in [0.4, 0.5) is 10.1 Å². The zero-order chi connectivity index (χ0) is 13.8. The fourth-order valence-corrected chi connectivity index (χ4v) is 2.59. The second kappa shape index (κ2) is 5.84. The highest BCUT2D eigenvalue weighted by Crippen LogP contribution is 2.13. The molecule has 0 fully saturated rings. The molecule has 2 aromatic rings. The maximum absolute atomic E-state index is 13.3. The fraction of sp³-hybridized carbons (Fsp3) is 0.214. The molecule has 0 aliphatic rings. The molecular weight excluding hydrogens is 263 g/mol. The lowest BCUT2D eigenvalue weighted by molar-refractivity contribution is 0.0940. The number of nitrogen functional groups attached to an aromatic ring is 1. The highest BCUT2D eigenvalue weighted by molar-refractivity contribution is 7.09. The molecule has 5 heteroatoms. The number of anilines is 1. The highest BCUT2D eigenvalue weighted by Gasteiger charge is 2.12. The van der Waals surface area contributed by atoms with Crippen LogP contribution in [0.25, 0.3) is 0 Å². The summed E-state index contributed by atoms with van der Waals surface area (Å²) >= 11 is 1.65. The molecule has 1 heterocycles. The maximum Gasteiger partial charge on any atom is 0.251 e. The van der Waals surface area contributed by atoms with Crippen molar-refractivity contribution in [3.8, 4) is 0 Å². The van der Waals surface area contributed by atoms with Gasteiger partial charge < -0.3 is 11.1 Å². The Bertz CT molecular complexity index is 569. The van der Waals surface area contributed by atoms with E-state index in [1.165, 1.54) is 17.0 Å². The first-order chi connectivity index (χ1) is 9.06. The Morgan fingerprint density at radius 2 is 2.26 bits per heavy atom. The van der Waals surface area contributed by atoms with Crippen LogP contribution in [0, 0.1) is 5.82 Å². The van der Waals surface area contributed by atoms with Crippen LogP contribution in [0.1, 0.15) is 22.2 Å². The van der Waals surface area contributed by atoms with Gasteiger partial charge in [0, 0.05) is 22.9 Å². The van der Waals surface area contributed by atoms with Gasteiger partial charge in [-0.15, -0.1) is 11.3 Å². The molecule has 1 amide bonds. The van der Waals surface area contributed by atoms with Crippen LogP contribution >= 0.6 is 11.3 Å². The number of nitrogens with one attached hydrogen (secondary N) is 1. The predicted molar refractivity (Wildman–Crippen MR) is 75.8 cm³/mol. The Kier molecular flexibility index (Phi) is 4.16. The lowest BCUT2D eigenvalue weighted by atomic mass is 10.1. The number of benzene rings is 1. The van der Waals surface area contributed by atoms with Crippen LogP contribution in [-0.4, -0.2) is 11.9 Å². The van der Waals surface area contributed by atoms with Gasteiger partial charge in [-0.05, 0) is 36.6 Å². The first-order valence-corrected chi connectivity index (χ1v) is 6.82. The summed E-state index contributed by atoms with van der Waals surface area (Å²) in [7, 11) is 0. The topological polar surface area (TPSA) is 55.1 Å². The standard InChI is InChI=1S/C14H15FN2OS/c1-9(7-11-3-2-6-19-11)17-14(18)10-4-5-13(16)12(15)8-10/h2-6,8-9H,7,16H2,1H3,(H,17,18). The SMILES string of the molecule is CC(Cc1cccs1)NC(=O)c1ccc(N)c(F)c1. The van der Waals surface area contributed by atoms with Crippen molar-refractivity contribution in [3.63, 3.8) is 0 Å². The number of nitrogens with two attached hydrogens (primary N) is 1. The normalized spacial score (nSPS) is 12.1. The third-order valence-corrected chi connectivity index (χ3v) is 3.63. The van der Waals surface area contributed by atoms with E-state index < -0.39 is 5.82 Å². The molecule has 2 rings (SSSR count). The summed E-state index contributed by atoms with van der Waals surface area (Å²) in [6.45, 7) is 1.92. The second-order valence-corrected chi connectivity index (χ2v) is 5.43. The van der Waals surface area contributed by atoms with Crippen molar-refractivity contribution in [2.45, 2.75) is 19.4 Å². The molecule has 0 spiro atoms. The van der Waals surface area contributed by atoms with E-state index >= 15 is 0 Å². The quantitative estimate of drug-likeness (QED) is 0.845. The molecule has 1 atom stereocenters. The summed E-state index contributed by atoms with van der Waals surface area (Å²) in [4.78, 5) is 13.1. The lowest BCUT2D eigenvalue weighted by Crippen LogP contribution is -2.33. The van der Waals surface area contributed by atoms with E-state index in [9.17, 15) is 9.18 Å². The van der Waals surface area contributed by atoms with Crippen LogP contribution in [0.5, 0.6) is 0 Å². The predicted octanol–water partition coefficient (Wildman–Crippen LogP) is 2.83. The van der Waals surface area contributed by atoms with Gasteiger partial charge in [0.2, 0.25) is 0 Å². The first kappa shape index (κ1) is 13.5. The van der Waals surface area contributed by atoms with Gasteiger partial charge in [-0.1, -0.05) is 6.07 Å². The average molecular weight is 278 g/mol. The second-order valence-electron chi connectivity index (χ2n) is 4.39. The number of amides is 1. The summed E-state index contributed by atoms with van der Waals surface area (Å²) in [6.07, 6.45) is 0.765. The molecule has 1 aromatic heterocycles. The molecule has 100 valence electrons. The largest absolute Gasteiger partial charge is 0.396 e. The van der Waals surface area contributed by atoms with Crippen molar-refractivity contribution >= 4 is 22.9 Å². The first-order valence-electron chi connectivity index (χ1n) is 5.94. The van der Waals surface area contributed by atoms with E-state index in [2.05, 4.69) is 5.32 Å². The molecule has 0 radical (unpaired) electrons. The third kappa shape index (κ3) is 3.54. The van der Waals surface area contributed by atoms with E-state index in [4.69, 9.17) is 5.73 Å². The van der Waals surface area contributed by atoms with Crippen LogP contribution in [0.2, 0.25) is 0 Å². The molecule has 3 N–H and O–H groups in total. The molecule has 0 bridgehead atoms. The van der Waals surface area contributed by atoms with Crippen molar-refractivity contribution in [2.75, 3.05) is 5.73 Å². The summed E-state index contributed by atoms with van der Waals surface area (Å²) < 4.78 is 13.3. The van der Waals surface area contributed by atoms with Gasteiger partial charge in [0.15, 0.2) is 0 Å². The Hall–Kier alpha value is -1.88. The van der Waals surface area contributed by atoms with E-state index in [1.54, 1.807) is 11.3 Å². The maximum atomic E-state index is 13.3. The van der Waals surface area contributed by atoms with Crippen molar-refractivity contribution in [2.24, 2.45) is 0 Å². The van der Waals surface area contributed by atoms with Gasteiger partial charge in [-0.2, -0.15) is 0 Å². The van der Waals surface area contributed by atoms with E-state index in [0.717, 1.165) is 12.5 Å². The number of hydrogen-bond acceptors (Lipinski definition) is 3. The molecule has 3 nitrogen and oxygen atoms in total. The third-order valence-electron chi connectivity index (χ3n) is 2.73. The number of rotatable bonds is 4. The molecule has 0 saturated carbocycles. The zero-order valence-electron chi connectivity index (χ0n) is 10.5. The van der Waals surface area contributed by atoms with E-state index in [-0.39, 0.29) is 23.2 Å². The van der Waals surface area contributed by atoms with E-state index in [0.29, 0.717) is 0 Å². The summed E-state index contributed by atoms with van der Waals surface area (Å²) in [6, 6.07) is 8.06. The molecule has 0 saturated heterocycles. The minimum absolute atomic E-state index is 0.00763. The van der Waals surface area contributed by atoms with E-state index in [1.807, 2.05) is 24.4 Å². The van der Waals surface area contributed by atoms with Crippen molar-refractivity contribution < 1.29 is 9.18 Å². The van der Waals surface area contributed by atoms with Crippen LogP contribution in [0.3, 0.4) is 0 Å². The fourth-order valence-electron chi connectivity index (χ4n) is 1.76. The number of hydrogen-bond donors (Lipinski definition) is 2. The minimum Gasteiger partial charge on any atom is -0.396 e. The number of halogens is 1. The van der Waals surface area contributed by atoms with Gasteiger partial charge >= 0.3 is 0 Å². The summed E-state index contributed by atoms with van der Waals surface area (Å²) in [5.74, 6) is -0.860. The molecule has 19 heavy (non-hydrogen) atoms. The van der Waals surface area contributed by atoms with Crippen LogP contribution < -0.4 is 11.1 Å². The minimum atomic E-state index is -0.571. The molecule has 1 unspecified atom stereocenters. The highest BCUT2D eigenvalue weighted by atomic mass is 32.1. The van der Waals surface area contributed by atoms with Crippen molar-refractivity contribution in [1.82, 2.24) is 5.32 Å². The Balaban J connectivity index is 1.98. The smallest absolute Gasteiger partial charge is 0.251 e. The average Bonchev–Trinajstić information content (AvgIpc) is 2.85. The van der Waals surface area contributed by atoms with Crippen molar-refractivity contribution in [1.29, 1.82) is 0 Å². The number of carbonyl (C=O) groups excluding carboxylic acids is 1. The Morgan fingerprint density at radius 1 is 1.47 bits per heavy atom. The Morgan fingerprint density at radius 3 is 2.89 bits per heavy atom. The monoisotopic (exact) mass is 278 g/mol. The van der Waals surface area contributed by atoms with Gasteiger partial charge in [0.1, 0.15) is 5.82 Å². The van der Waals surface area contributed by atoms with Crippen LogP contribution in [-0.2, 0) is 6.42 Å². The Labute approximate surface area is 115 Å². The number of carbonyl (C=O) groups is 1. The zero-order valence-corrected chi connectivity index (χ0v) is 11.3. The van der Waals surface area contributed by atoms with Crippen LogP contribution in [0.15, 0.2) is 35.7 Å². The lowest BCUT2D eigenvalue weighted by Gasteiger charge is -2.13. The molecule has 0 aliphatic carbocycles. The molecule has 1 aromatic carbocycles. The molecular formula is C14H15FN2OS. The van der Waals surface area contributed by atoms with Gasteiger partial charge in [0.05, 0.1) is 5.69 Å².